The molecule has 3 N–H and O–H groups in total. The molecule has 11 nitrogen and oxygen atoms in total. The van der Waals surface area contributed by atoms with Crippen LogP contribution in [0, 0.1) is 6.92 Å². The van der Waals surface area contributed by atoms with E-state index in [1.54, 1.807) is 43.3 Å². The van der Waals surface area contributed by atoms with Gasteiger partial charge >= 0.3 is 5.97 Å². The van der Waals surface area contributed by atoms with Gasteiger partial charge in [-0.25, -0.2) is 9.78 Å². The van der Waals surface area contributed by atoms with E-state index >= 15 is 0 Å². The van der Waals surface area contributed by atoms with Crippen molar-refractivity contribution in [2.45, 2.75) is 6.92 Å². The van der Waals surface area contributed by atoms with E-state index in [0.717, 1.165) is 0 Å². The first-order valence-corrected chi connectivity index (χ1v) is 11.7. The number of carbonyl (C=O) groups excluding carboxylic acids is 1. The number of nitrogens with one attached hydrogen (secondary N) is 2. The highest BCUT2D eigenvalue weighted by Gasteiger charge is 2.28. The maximum Gasteiger partial charge on any atom is 0.355 e. The third-order valence-electron chi connectivity index (χ3n) is 6.25. The number of H-pyrrole nitrogens is 2. The number of esters is 1. The number of hydrogen-bond acceptors (Lipinski definition) is 9. The molecule has 11 heteroatoms. The summed E-state index contributed by atoms with van der Waals surface area (Å²) in [5.74, 6) is 0.669. The van der Waals surface area contributed by atoms with Crippen molar-refractivity contribution in [3.05, 3.63) is 64.1 Å². The fourth-order valence-corrected chi connectivity index (χ4v) is 4.43. The first kappa shape index (κ1) is 25.5. The number of imidazole rings is 1. The number of benzene rings is 2. The minimum Gasteiger partial charge on any atom is -0.501 e. The van der Waals surface area contributed by atoms with E-state index in [4.69, 9.17) is 28.3 Å². The smallest absolute Gasteiger partial charge is 0.355 e. The molecule has 0 radical (unpaired) electrons. The van der Waals surface area contributed by atoms with Gasteiger partial charge in [0, 0.05) is 23.1 Å². The summed E-state index contributed by atoms with van der Waals surface area (Å²) in [6, 6.07) is 11.7. The molecule has 3 aromatic heterocycles. The summed E-state index contributed by atoms with van der Waals surface area (Å²) < 4.78 is 27.1. The van der Waals surface area contributed by atoms with Crippen molar-refractivity contribution < 1.29 is 33.3 Å². The summed E-state index contributed by atoms with van der Waals surface area (Å²) >= 11 is 0. The van der Waals surface area contributed by atoms with Crippen LogP contribution in [0.1, 0.15) is 16.2 Å². The lowest BCUT2D eigenvalue weighted by atomic mass is 10.1. The maximum atomic E-state index is 12.9. The molecule has 0 aliphatic rings. The van der Waals surface area contributed by atoms with E-state index in [-0.39, 0.29) is 23.0 Å². The third-order valence-corrected chi connectivity index (χ3v) is 6.25. The van der Waals surface area contributed by atoms with Crippen molar-refractivity contribution in [2.75, 3.05) is 28.4 Å². The van der Waals surface area contributed by atoms with Gasteiger partial charge in [-0.15, -0.1) is 0 Å². The number of aromatic nitrogens is 3. The van der Waals surface area contributed by atoms with Crippen LogP contribution in [0.2, 0.25) is 0 Å². The number of carbonyl (C=O) groups is 1. The molecule has 0 fully saturated rings. The lowest BCUT2D eigenvalue weighted by Gasteiger charge is -2.07. The maximum absolute atomic E-state index is 12.9. The summed E-state index contributed by atoms with van der Waals surface area (Å²) in [5, 5.41) is 11.3. The number of aromatic hydroxyl groups is 1. The highest BCUT2D eigenvalue weighted by atomic mass is 16.5. The summed E-state index contributed by atoms with van der Waals surface area (Å²) in [4.78, 5) is 36.4. The number of aromatic amines is 2. The fourth-order valence-electron chi connectivity index (χ4n) is 4.43. The van der Waals surface area contributed by atoms with E-state index in [2.05, 4.69) is 9.97 Å². The van der Waals surface area contributed by atoms with Gasteiger partial charge in [-0.3, -0.25) is 4.79 Å². The summed E-state index contributed by atoms with van der Waals surface area (Å²) in [7, 11) is 5.83. The number of hydrogen-bond donors (Lipinski definition) is 3. The molecule has 0 atom stereocenters. The van der Waals surface area contributed by atoms with Gasteiger partial charge in [0.15, 0.2) is 17.3 Å². The van der Waals surface area contributed by atoms with E-state index < -0.39 is 17.1 Å². The molecule has 0 aliphatic heterocycles. The van der Waals surface area contributed by atoms with Crippen molar-refractivity contribution in [1.82, 2.24) is 15.0 Å². The zero-order valence-corrected chi connectivity index (χ0v) is 21.8. The molecule has 0 saturated carbocycles. The molecule has 0 saturated heterocycles. The van der Waals surface area contributed by atoms with Crippen molar-refractivity contribution in [2.24, 2.45) is 0 Å². The zero-order valence-electron chi connectivity index (χ0n) is 21.8. The molecule has 3 heterocycles. The van der Waals surface area contributed by atoms with Crippen molar-refractivity contribution in [3.63, 3.8) is 0 Å². The molecule has 0 unspecified atom stereocenters. The predicted molar refractivity (Wildman–Crippen MR) is 143 cm³/mol. The van der Waals surface area contributed by atoms with E-state index in [1.807, 2.05) is 0 Å². The minimum absolute atomic E-state index is 0.102. The van der Waals surface area contributed by atoms with E-state index in [1.165, 1.54) is 34.5 Å². The molecule has 39 heavy (non-hydrogen) atoms. The molecule has 5 rings (SSSR count). The molecule has 200 valence electrons. The summed E-state index contributed by atoms with van der Waals surface area (Å²) in [5.41, 5.74) is 1.63. The third kappa shape index (κ3) is 4.33. The van der Waals surface area contributed by atoms with E-state index in [9.17, 15) is 14.7 Å². The van der Waals surface area contributed by atoms with Gasteiger partial charge in [0.1, 0.15) is 34.4 Å². The number of aryl methyl sites for hydroxylation is 1. The average Bonchev–Trinajstić information content (AvgIpc) is 3.55. The number of fused-ring (bicyclic) bond motifs is 1. The Bertz CT molecular complexity index is 1780. The Morgan fingerprint density at radius 3 is 2.41 bits per heavy atom. The number of nitrogens with zero attached hydrogens (tertiary/aromatic N) is 1. The first-order valence-electron chi connectivity index (χ1n) is 11.7. The molecule has 5 aromatic rings. The van der Waals surface area contributed by atoms with Gasteiger partial charge in [-0.1, -0.05) is 12.1 Å². The first-order chi connectivity index (χ1) is 18.8. The second kappa shape index (κ2) is 9.93. The normalized spacial score (nSPS) is 11.0. The Hall–Kier alpha value is -5.19. The standard InChI is InChI=1S/C28H25N3O8/c1-13-9-18(32)25(33)26(39-13)24-22(14-7-6-8-15(10-14)35-2)30-27(31-24)21-16-11-19(36-3)20(37-4)12-17(16)29-23(21)28(34)38-5/h6-12,29,33H,1-5H3,(H,30,31). The van der Waals surface area contributed by atoms with Crippen LogP contribution in [0.25, 0.3) is 45.0 Å². The Labute approximate surface area is 221 Å². The van der Waals surface area contributed by atoms with Gasteiger partial charge in [0.05, 0.1) is 39.5 Å². The topological polar surface area (TPSA) is 149 Å². The highest BCUT2D eigenvalue weighted by Crippen LogP contribution is 2.42. The van der Waals surface area contributed by atoms with Crippen molar-refractivity contribution in [1.29, 1.82) is 0 Å². The molecule has 0 aliphatic carbocycles. The van der Waals surface area contributed by atoms with Crippen LogP contribution in [0.4, 0.5) is 0 Å². The predicted octanol–water partition coefficient (Wildman–Crippen LogP) is 4.67. The van der Waals surface area contributed by atoms with Crippen LogP contribution in [-0.4, -0.2) is 54.5 Å². The Morgan fingerprint density at radius 2 is 1.72 bits per heavy atom. The van der Waals surface area contributed by atoms with Crippen LogP contribution >= 0.6 is 0 Å². The molecular weight excluding hydrogens is 506 g/mol. The molecule has 0 bridgehead atoms. The fraction of sp³-hybridized carbons (Fsp3) is 0.179. The van der Waals surface area contributed by atoms with Crippen LogP contribution < -0.4 is 19.6 Å². The van der Waals surface area contributed by atoms with Crippen molar-refractivity contribution in [3.8, 4) is 57.1 Å². The van der Waals surface area contributed by atoms with E-state index in [0.29, 0.717) is 50.7 Å². The molecule has 0 spiro atoms. The van der Waals surface area contributed by atoms with Gasteiger partial charge in [-0.2, -0.15) is 0 Å². The lowest BCUT2D eigenvalue weighted by molar-refractivity contribution is 0.0596. The quantitative estimate of drug-likeness (QED) is 0.255. The summed E-state index contributed by atoms with van der Waals surface area (Å²) in [6.07, 6.45) is 0. The van der Waals surface area contributed by atoms with Crippen LogP contribution in [0.5, 0.6) is 23.0 Å². The Balaban J connectivity index is 1.86. The van der Waals surface area contributed by atoms with Crippen LogP contribution in [-0.2, 0) is 4.74 Å². The number of ether oxygens (including phenoxy) is 4. The Morgan fingerprint density at radius 1 is 0.974 bits per heavy atom. The Kier molecular flexibility index (Phi) is 6.48. The van der Waals surface area contributed by atoms with Crippen LogP contribution in [0.3, 0.4) is 0 Å². The summed E-state index contributed by atoms with van der Waals surface area (Å²) in [6.45, 7) is 1.60. The highest BCUT2D eigenvalue weighted by molar-refractivity contribution is 6.08. The SMILES string of the molecule is COC(=O)c1[nH]c2cc(OC)c(OC)cc2c1-c1nc(-c2cccc(OC)c2)c(-c2oc(C)cc(=O)c2O)[nH]1. The molecule has 2 aromatic carbocycles. The van der Waals surface area contributed by atoms with Crippen LogP contribution in [0.15, 0.2) is 51.7 Å². The van der Waals surface area contributed by atoms with Gasteiger partial charge < -0.3 is 38.4 Å². The van der Waals surface area contributed by atoms with Gasteiger partial charge in [0.2, 0.25) is 11.2 Å². The average molecular weight is 532 g/mol. The second-order valence-corrected chi connectivity index (χ2v) is 8.56. The zero-order chi connectivity index (χ0) is 27.8. The monoisotopic (exact) mass is 531 g/mol. The molecular formula is C28H25N3O8. The second-order valence-electron chi connectivity index (χ2n) is 8.56. The van der Waals surface area contributed by atoms with Crippen molar-refractivity contribution >= 4 is 16.9 Å². The number of rotatable bonds is 7. The number of methoxy groups -OCH3 is 4. The lowest BCUT2D eigenvalue weighted by Crippen LogP contribution is -2.03. The minimum atomic E-state index is -0.634. The van der Waals surface area contributed by atoms with Gasteiger partial charge in [0.25, 0.3) is 0 Å². The largest absolute Gasteiger partial charge is 0.501 e. The molecule has 0 amide bonds. The van der Waals surface area contributed by atoms with Gasteiger partial charge in [-0.05, 0) is 25.1 Å².